The Balaban J connectivity index is 2.01. The number of rotatable bonds is 3. The largest absolute Gasteiger partial charge is 0.495 e. The highest BCUT2D eigenvalue weighted by Gasteiger charge is 2.35. The maximum Gasteiger partial charge on any atom is 0.321 e. The molecule has 2 amide bonds. The molecule has 7 heteroatoms. The van der Waals surface area contributed by atoms with Gasteiger partial charge >= 0.3 is 6.03 Å². The van der Waals surface area contributed by atoms with Gasteiger partial charge in [-0.15, -0.1) is 0 Å². The molecule has 6 nitrogen and oxygen atoms in total. The summed E-state index contributed by atoms with van der Waals surface area (Å²) in [7, 11) is 5.31. The van der Waals surface area contributed by atoms with E-state index >= 15 is 0 Å². The van der Waals surface area contributed by atoms with Crippen molar-refractivity contribution in [3.63, 3.8) is 0 Å². The smallest absolute Gasteiger partial charge is 0.321 e. The summed E-state index contributed by atoms with van der Waals surface area (Å²) in [5.41, 5.74) is 0.591. The Hall–Kier alpha value is -1.50. The maximum absolute atomic E-state index is 12.2. The van der Waals surface area contributed by atoms with E-state index in [0.717, 1.165) is 0 Å². The number of carbonyl (C=O) groups excluding carboxylic acids is 1. The number of carbonyl (C=O) groups is 1. The Morgan fingerprint density at radius 3 is 2.71 bits per heavy atom. The van der Waals surface area contributed by atoms with Crippen molar-refractivity contribution in [1.82, 2.24) is 9.80 Å². The lowest BCUT2D eigenvalue weighted by Crippen LogP contribution is -2.38. The van der Waals surface area contributed by atoms with Gasteiger partial charge in [-0.3, -0.25) is 0 Å². The third-order valence-corrected chi connectivity index (χ3v) is 3.91. The monoisotopic (exact) mass is 313 g/mol. The highest BCUT2D eigenvalue weighted by molar-refractivity contribution is 6.32. The lowest BCUT2D eigenvalue weighted by atomic mass is 10.2. The lowest BCUT2D eigenvalue weighted by Gasteiger charge is -2.21. The zero-order chi connectivity index (χ0) is 15.6. The molecule has 21 heavy (non-hydrogen) atoms. The van der Waals surface area contributed by atoms with Crippen LogP contribution in [0.25, 0.3) is 0 Å². The molecule has 0 aliphatic carbocycles. The van der Waals surface area contributed by atoms with Gasteiger partial charge in [-0.2, -0.15) is 0 Å². The fraction of sp³-hybridized carbons (Fsp3) is 0.500. The number of likely N-dealkylation sites (tertiary alicyclic amines) is 1. The van der Waals surface area contributed by atoms with Crippen molar-refractivity contribution >= 4 is 23.3 Å². The second-order valence-electron chi connectivity index (χ2n) is 5.28. The number of ether oxygens (including phenoxy) is 1. The predicted molar refractivity (Wildman–Crippen MR) is 82.1 cm³/mol. The molecule has 0 aromatic heterocycles. The first-order valence-electron chi connectivity index (χ1n) is 6.66. The van der Waals surface area contributed by atoms with E-state index in [0.29, 0.717) is 29.5 Å². The van der Waals surface area contributed by atoms with Gasteiger partial charge in [0.05, 0.1) is 30.8 Å². The summed E-state index contributed by atoms with van der Waals surface area (Å²) < 4.78 is 5.07. The Kier molecular flexibility index (Phi) is 4.92. The summed E-state index contributed by atoms with van der Waals surface area (Å²) in [5.74, 6) is 0.555. The minimum Gasteiger partial charge on any atom is -0.495 e. The highest BCUT2D eigenvalue weighted by Crippen LogP contribution is 2.27. The van der Waals surface area contributed by atoms with Crippen molar-refractivity contribution in [2.24, 2.45) is 0 Å². The number of hydrogen-bond donors (Lipinski definition) is 2. The van der Waals surface area contributed by atoms with Gasteiger partial charge in [-0.25, -0.2) is 4.79 Å². The number of halogens is 1. The zero-order valence-electron chi connectivity index (χ0n) is 12.3. The van der Waals surface area contributed by atoms with Crippen LogP contribution in [0.3, 0.4) is 0 Å². The van der Waals surface area contributed by atoms with Gasteiger partial charge < -0.3 is 25.0 Å². The summed E-state index contributed by atoms with van der Waals surface area (Å²) in [5, 5.41) is 13.2. The molecule has 1 aliphatic rings. The Labute approximate surface area is 129 Å². The van der Waals surface area contributed by atoms with Crippen molar-refractivity contribution in [1.29, 1.82) is 0 Å². The zero-order valence-corrected chi connectivity index (χ0v) is 13.1. The number of methoxy groups -OCH3 is 1. The predicted octanol–water partition coefficient (Wildman–Crippen LogP) is 1.49. The van der Waals surface area contributed by atoms with Crippen molar-refractivity contribution in [3.05, 3.63) is 23.2 Å². The van der Waals surface area contributed by atoms with Crippen LogP contribution in [0.4, 0.5) is 10.5 Å². The minimum absolute atomic E-state index is 0.0461. The molecule has 0 bridgehead atoms. The molecule has 1 aromatic rings. The molecule has 1 aromatic carbocycles. The summed E-state index contributed by atoms with van der Waals surface area (Å²) in [6, 6.07) is 4.75. The molecule has 2 atom stereocenters. The van der Waals surface area contributed by atoms with E-state index in [2.05, 4.69) is 5.32 Å². The van der Waals surface area contributed by atoms with Crippen molar-refractivity contribution in [3.8, 4) is 5.75 Å². The van der Waals surface area contributed by atoms with E-state index in [1.807, 2.05) is 19.0 Å². The molecule has 1 aliphatic heterocycles. The van der Waals surface area contributed by atoms with E-state index in [9.17, 15) is 9.90 Å². The molecule has 116 valence electrons. The molecule has 0 spiro atoms. The van der Waals surface area contributed by atoms with E-state index in [4.69, 9.17) is 16.3 Å². The third kappa shape index (κ3) is 3.58. The molecule has 1 heterocycles. The van der Waals surface area contributed by atoms with Crippen molar-refractivity contribution < 1.29 is 14.6 Å². The van der Waals surface area contributed by atoms with Gasteiger partial charge in [0, 0.05) is 12.2 Å². The van der Waals surface area contributed by atoms with Crippen LogP contribution in [0.15, 0.2) is 18.2 Å². The number of nitrogens with zero attached hydrogens (tertiary/aromatic N) is 2. The molecular weight excluding hydrogens is 294 g/mol. The molecule has 0 radical (unpaired) electrons. The first kappa shape index (κ1) is 15.9. The van der Waals surface area contributed by atoms with Crippen LogP contribution in [-0.4, -0.2) is 67.4 Å². The number of nitrogens with one attached hydrogen (secondary N) is 1. The van der Waals surface area contributed by atoms with Crippen LogP contribution in [0, 0.1) is 0 Å². The molecule has 1 saturated heterocycles. The first-order chi connectivity index (χ1) is 9.92. The summed E-state index contributed by atoms with van der Waals surface area (Å²) >= 11 is 6.02. The van der Waals surface area contributed by atoms with Crippen LogP contribution in [0.5, 0.6) is 5.75 Å². The molecule has 2 N–H and O–H groups in total. The van der Waals surface area contributed by atoms with Crippen molar-refractivity contribution in [2.75, 3.05) is 39.6 Å². The van der Waals surface area contributed by atoms with Crippen LogP contribution < -0.4 is 10.1 Å². The number of amides is 2. The van der Waals surface area contributed by atoms with Crippen LogP contribution >= 0.6 is 11.6 Å². The lowest BCUT2D eigenvalue weighted by molar-refractivity contribution is 0.113. The summed E-state index contributed by atoms with van der Waals surface area (Å²) in [6.07, 6.45) is -0.537. The van der Waals surface area contributed by atoms with Crippen molar-refractivity contribution in [2.45, 2.75) is 12.1 Å². The van der Waals surface area contributed by atoms with E-state index < -0.39 is 6.10 Å². The highest BCUT2D eigenvalue weighted by atomic mass is 35.5. The van der Waals surface area contributed by atoms with E-state index in [1.54, 1.807) is 23.1 Å². The number of aliphatic hydroxyl groups is 1. The number of urea groups is 1. The average molecular weight is 314 g/mol. The fourth-order valence-electron chi connectivity index (χ4n) is 2.39. The number of benzene rings is 1. The average Bonchev–Trinajstić information content (AvgIpc) is 2.81. The molecule has 2 rings (SSSR count). The van der Waals surface area contributed by atoms with Gasteiger partial charge in [0.2, 0.25) is 0 Å². The summed E-state index contributed by atoms with van der Waals surface area (Å²) in [6.45, 7) is 0.808. The second-order valence-corrected chi connectivity index (χ2v) is 5.69. The summed E-state index contributed by atoms with van der Waals surface area (Å²) in [4.78, 5) is 15.7. The SMILES string of the molecule is COc1ccc(NC(=O)N2C[C@H](O)[C@@H](N(C)C)C2)cc1Cl. The topological polar surface area (TPSA) is 65.0 Å². The van der Waals surface area contributed by atoms with E-state index in [-0.39, 0.29) is 12.1 Å². The molecule has 0 saturated carbocycles. The third-order valence-electron chi connectivity index (χ3n) is 3.61. The van der Waals surface area contributed by atoms with Gasteiger partial charge in [0.15, 0.2) is 0 Å². The van der Waals surface area contributed by atoms with Crippen LogP contribution in [0.2, 0.25) is 5.02 Å². The number of likely N-dealkylation sites (N-methyl/N-ethyl adjacent to an activating group) is 1. The Bertz CT molecular complexity index is 524. The molecule has 0 unspecified atom stereocenters. The number of hydrogen-bond acceptors (Lipinski definition) is 4. The number of aliphatic hydroxyl groups excluding tert-OH is 1. The van der Waals surface area contributed by atoms with Crippen LogP contribution in [-0.2, 0) is 0 Å². The fourth-order valence-corrected chi connectivity index (χ4v) is 2.65. The standard InChI is InChI=1S/C14H20ClN3O3/c1-17(2)11-7-18(8-12(11)19)14(20)16-9-4-5-13(21-3)10(15)6-9/h4-6,11-12,19H,7-8H2,1-3H3,(H,16,20)/t11-,12-/m0/s1. The number of anilines is 1. The maximum atomic E-state index is 12.2. The number of β-amino-alcohol motifs (C(OH)–C–C–N with tert-alkyl or cyclic N) is 1. The van der Waals surface area contributed by atoms with Crippen LogP contribution in [0.1, 0.15) is 0 Å². The van der Waals surface area contributed by atoms with Gasteiger partial charge in [-0.1, -0.05) is 11.6 Å². The minimum atomic E-state index is -0.537. The Morgan fingerprint density at radius 2 is 2.19 bits per heavy atom. The normalized spacial score (nSPS) is 21.7. The molecular formula is C14H20ClN3O3. The Morgan fingerprint density at radius 1 is 1.48 bits per heavy atom. The van der Waals surface area contributed by atoms with Gasteiger partial charge in [0.25, 0.3) is 0 Å². The van der Waals surface area contributed by atoms with Gasteiger partial charge in [-0.05, 0) is 32.3 Å². The quantitative estimate of drug-likeness (QED) is 0.887. The first-order valence-corrected chi connectivity index (χ1v) is 7.04. The second kappa shape index (κ2) is 6.51. The van der Waals surface area contributed by atoms with Gasteiger partial charge in [0.1, 0.15) is 5.75 Å². The van der Waals surface area contributed by atoms with E-state index in [1.165, 1.54) is 7.11 Å². The molecule has 1 fully saturated rings.